The highest BCUT2D eigenvalue weighted by atomic mass is 16.1. The molecule has 7 nitrogen and oxygen atoms in total. The molecule has 194 valence electrons. The van der Waals surface area contributed by atoms with Crippen molar-refractivity contribution in [1.82, 2.24) is 29.8 Å². The third-order valence-corrected chi connectivity index (χ3v) is 7.03. The lowest BCUT2D eigenvalue weighted by molar-refractivity contribution is 0.616. The van der Waals surface area contributed by atoms with Crippen molar-refractivity contribution < 1.29 is 0 Å². The van der Waals surface area contributed by atoms with Gasteiger partial charge in [-0.15, -0.1) is 5.10 Å². The third kappa shape index (κ3) is 5.99. The van der Waals surface area contributed by atoms with Gasteiger partial charge in [0.25, 0.3) is 0 Å². The lowest BCUT2D eigenvalue weighted by atomic mass is 9.98. The summed E-state index contributed by atoms with van der Waals surface area (Å²) < 4.78 is 3.85. The Bertz CT molecular complexity index is 1480. The summed E-state index contributed by atoms with van der Waals surface area (Å²) in [6, 6.07) is 26.9. The van der Waals surface area contributed by atoms with Crippen molar-refractivity contribution in [2.24, 2.45) is 0 Å². The molecule has 2 heterocycles. The summed E-state index contributed by atoms with van der Waals surface area (Å²) in [7, 11) is 0. The number of rotatable bonds is 12. The number of unbranched alkanes of at least 4 members (excludes halogenated alkanes) is 3. The van der Waals surface area contributed by atoms with E-state index in [-0.39, 0.29) is 5.69 Å². The van der Waals surface area contributed by atoms with Gasteiger partial charge in [0.05, 0.1) is 6.54 Å². The fourth-order valence-electron chi connectivity index (χ4n) is 4.93. The van der Waals surface area contributed by atoms with Crippen LogP contribution in [0.25, 0.3) is 22.5 Å². The Kier molecular flexibility index (Phi) is 8.23. The van der Waals surface area contributed by atoms with Crippen molar-refractivity contribution in [3.8, 4) is 22.5 Å². The lowest BCUT2D eigenvalue weighted by Crippen LogP contribution is -2.26. The van der Waals surface area contributed by atoms with Gasteiger partial charge in [-0.05, 0) is 51.9 Å². The largest absolute Gasteiger partial charge is 0.328 e. The van der Waals surface area contributed by atoms with Crippen LogP contribution in [0.4, 0.5) is 0 Å². The van der Waals surface area contributed by atoms with Crippen LogP contribution in [-0.2, 0) is 25.9 Å². The number of aromatic amines is 1. The number of hydrogen-bond donors (Lipinski definition) is 1. The summed E-state index contributed by atoms with van der Waals surface area (Å²) in [6.07, 6.45) is 8.56. The first kappa shape index (κ1) is 25.4. The summed E-state index contributed by atoms with van der Waals surface area (Å²) in [5, 5.41) is 14.4. The minimum atomic E-state index is 0.0682. The second-order valence-electron chi connectivity index (χ2n) is 9.72. The number of H-pyrrole nitrogens is 1. The summed E-state index contributed by atoms with van der Waals surface area (Å²) in [5.74, 6) is 0.640. The van der Waals surface area contributed by atoms with Crippen LogP contribution >= 0.6 is 0 Å². The second kappa shape index (κ2) is 12.3. The van der Waals surface area contributed by atoms with E-state index in [9.17, 15) is 4.79 Å². The molecule has 0 saturated carbocycles. The first-order valence-corrected chi connectivity index (χ1v) is 13.5. The Morgan fingerprint density at radius 3 is 2.29 bits per heavy atom. The quantitative estimate of drug-likeness (QED) is 0.213. The van der Waals surface area contributed by atoms with Crippen LogP contribution in [0.3, 0.4) is 0 Å². The van der Waals surface area contributed by atoms with Gasteiger partial charge in [-0.1, -0.05) is 105 Å². The first-order chi connectivity index (χ1) is 18.7. The SMILES string of the molecule is CCCCCCc1cn(CCc2ccccc2)c(=O)n1Cc1ccc(-c2ccccc2-c2nnn[nH]2)cc1. The molecule has 3 aromatic carbocycles. The molecule has 5 aromatic rings. The smallest absolute Gasteiger partial charge is 0.299 e. The van der Waals surface area contributed by atoms with Crippen LogP contribution in [-0.4, -0.2) is 29.8 Å². The Hall–Kier alpha value is -4.26. The number of benzene rings is 3. The monoisotopic (exact) mass is 506 g/mol. The van der Waals surface area contributed by atoms with Gasteiger partial charge in [0, 0.05) is 24.0 Å². The van der Waals surface area contributed by atoms with Gasteiger partial charge in [0.2, 0.25) is 0 Å². The van der Waals surface area contributed by atoms with E-state index in [2.05, 4.69) is 76.2 Å². The standard InChI is InChI=1S/C31H34N6O/c1-2-3-4-8-13-27-23-36(21-20-24-11-6-5-7-12-24)31(38)37(27)22-25-16-18-26(19-17-25)28-14-9-10-15-29(28)30-32-34-35-33-30/h5-7,9-12,14-19,23H,2-4,8,13,20-22H2,1H3,(H,32,33,34,35). The second-order valence-corrected chi connectivity index (χ2v) is 9.72. The Morgan fingerprint density at radius 2 is 1.55 bits per heavy atom. The molecule has 0 radical (unpaired) electrons. The highest BCUT2D eigenvalue weighted by Crippen LogP contribution is 2.29. The van der Waals surface area contributed by atoms with E-state index in [1.54, 1.807) is 0 Å². The zero-order valence-corrected chi connectivity index (χ0v) is 21.9. The van der Waals surface area contributed by atoms with E-state index < -0.39 is 0 Å². The van der Waals surface area contributed by atoms with Crippen molar-refractivity contribution in [3.63, 3.8) is 0 Å². The average molecular weight is 507 g/mol. The average Bonchev–Trinajstić information content (AvgIpc) is 3.60. The van der Waals surface area contributed by atoms with Crippen molar-refractivity contribution in [3.05, 3.63) is 112 Å². The molecular formula is C31H34N6O. The molecule has 7 heteroatoms. The van der Waals surface area contributed by atoms with Crippen LogP contribution < -0.4 is 5.69 Å². The maximum absolute atomic E-state index is 13.5. The number of aryl methyl sites for hydroxylation is 3. The number of nitrogens with one attached hydrogen (secondary N) is 1. The van der Waals surface area contributed by atoms with Crippen LogP contribution in [0.15, 0.2) is 89.9 Å². The van der Waals surface area contributed by atoms with E-state index in [0.717, 1.165) is 47.2 Å². The molecule has 2 aromatic heterocycles. The predicted molar refractivity (Wildman–Crippen MR) is 151 cm³/mol. The maximum atomic E-state index is 13.5. The minimum Gasteiger partial charge on any atom is -0.299 e. The van der Waals surface area contributed by atoms with Gasteiger partial charge in [-0.2, -0.15) is 0 Å². The van der Waals surface area contributed by atoms with Crippen LogP contribution in [0, 0.1) is 0 Å². The topological polar surface area (TPSA) is 81.4 Å². The molecule has 0 fully saturated rings. The van der Waals surface area contributed by atoms with Gasteiger partial charge >= 0.3 is 5.69 Å². The van der Waals surface area contributed by atoms with E-state index >= 15 is 0 Å². The van der Waals surface area contributed by atoms with Gasteiger partial charge in [0.15, 0.2) is 5.82 Å². The van der Waals surface area contributed by atoms with Crippen LogP contribution in [0.1, 0.15) is 49.4 Å². The van der Waals surface area contributed by atoms with Crippen LogP contribution in [0.2, 0.25) is 0 Å². The highest BCUT2D eigenvalue weighted by Gasteiger charge is 2.13. The summed E-state index contributed by atoms with van der Waals surface area (Å²) in [6.45, 7) is 3.47. The molecule has 5 rings (SSSR count). The van der Waals surface area contributed by atoms with Gasteiger partial charge in [-0.3, -0.25) is 9.13 Å². The van der Waals surface area contributed by atoms with E-state index in [1.807, 2.05) is 45.5 Å². The Morgan fingerprint density at radius 1 is 0.789 bits per heavy atom. The van der Waals surface area contributed by atoms with Gasteiger partial charge in [-0.25, -0.2) is 9.89 Å². The van der Waals surface area contributed by atoms with E-state index in [4.69, 9.17) is 0 Å². The molecule has 0 aliphatic heterocycles. The number of hydrogen-bond acceptors (Lipinski definition) is 4. The molecule has 0 spiro atoms. The number of tetrazole rings is 1. The van der Waals surface area contributed by atoms with Crippen molar-refractivity contribution in [1.29, 1.82) is 0 Å². The third-order valence-electron chi connectivity index (χ3n) is 7.03. The number of nitrogens with zero attached hydrogens (tertiary/aromatic N) is 5. The maximum Gasteiger partial charge on any atom is 0.328 e. The summed E-state index contributed by atoms with van der Waals surface area (Å²) in [5.41, 5.74) is 6.61. The van der Waals surface area contributed by atoms with Crippen molar-refractivity contribution in [2.45, 2.75) is 58.5 Å². The minimum absolute atomic E-state index is 0.0682. The Labute approximate surface area is 223 Å². The van der Waals surface area contributed by atoms with Gasteiger partial charge in [0.1, 0.15) is 0 Å². The van der Waals surface area contributed by atoms with E-state index in [0.29, 0.717) is 18.9 Å². The van der Waals surface area contributed by atoms with E-state index in [1.165, 1.54) is 24.8 Å². The molecule has 0 saturated heterocycles. The number of aromatic nitrogens is 6. The summed E-state index contributed by atoms with van der Waals surface area (Å²) in [4.78, 5) is 13.5. The Balaban J connectivity index is 1.37. The zero-order valence-electron chi connectivity index (χ0n) is 21.9. The molecular weight excluding hydrogens is 472 g/mol. The molecule has 0 atom stereocenters. The predicted octanol–water partition coefficient (Wildman–Crippen LogP) is 5.91. The molecule has 0 unspecified atom stereocenters. The fourth-order valence-corrected chi connectivity index (χ4v) is 4.93. The highest BCUT2D eigenvalue weighted by molar-refractivity contribution is 5.80. The molecule has 0 bridgehead atoms. The lowest BCUT2D eigenvalue weighted by Gasteiger charge is -2.10. The van der Waals surface area contributed by atoms with Crippen molar-refractivity contribution >= 4 is 0 Å². The van der Waals surface area contributed by atoms with Crippen LogP contribution in [0.5, 0.6) is 0 Å². The zero-order chi connectivity index (χ0) is 26.2. The molecule has 0 aliphatic rings. The molecule has 1 N–H and O–H groups in total. The first-order valence-electron chi connectivity index (χ1n) is 13.5. The van der Waals surface area contributed by atoms with Crippen molar-refractivity contribution in [2.75, 3.05) is 0 Å². The molecule has 0 aliphatic carbocycles. The summed E-state index contributed by atoms with van der Waals surface area (Å²) >= 11 is 0. The fraction of sp³-hybridized carbons (Fsp3) is 0.290. The van der Waals surface area contributed by atoms with Gasteiger partial charge < -0.3 is 0 Å². The normalized spacial score (nSPS) is 11.2. The number of imidazole rings is 1. The molecule has 38 heavy (non-hydrogen) atoms. The molecule has 0 amide bonds.